The fraction of sp³-hybridized carbons (Fsp3) is 0.0870. The molecule has 0 bridgehead atoms. The topological polar surface area (TPSA) is 141 Å². The lowest BCUT2D eigenvalue weighted by Gasteiger charge is -2.09. The Morgan fingerprint density at radius 2 is 1.88 bits per heavy atom. The number of carboxylic acid groups (broad SMARTS) is 1. The van der Waals surface area contributed by atoms with Gasteiger partial charge < -0.3 is 15.2 Å². The van der Waals surface area contributed by atoms with E-state index in [9.17, 15) is 20.0 Å². The van der Waals surface area contributed by atoms with Crippen LogP contribution in [-0.4, -0.2) is 39.5 Å². The molecule has 0 spiro atoms. The van der Waals surface area contributed by atoms with Gasteiger partial charge in [0.15, 0.2) is 0 Å². The highest BCUT2D eigenvalue weighted by atomic mass is 32.1. The van der Waals surface area contributed by atoms with Gasteiger partial charge in [-0.1, -0.05) is 23.4 Å². The number of amides is 1. The van der Waals surface area contributed by atoms with Crippen LogP contribution < -0.4 is 10.1 Å². The summed E-state index contributed by atoms with van der Waals surface area (Å²) in [7, 11) is 1.57. The van der Waals surface area contributed by atoms with E-state index in [0.717, 1.165) is 10.4 Å². The maximum absolute atomic E-state index is 13.1. The Bertz CT molecular complexity index is 1390. The number of hydrogen-bond acceptors (Lipinski definition) is 7. The third kappa shape index (κ3) is 4.17. The molecule has 0 fully saturated rings. The number of nitrogens with zero attached hydrogens (tertiary/aromatic N) is 3. The number of thiophene rings is 1. The Hall–Kier alpha value is -4.49. The molecule has 10 heteroatoms. The molecule has 0 aliphatic rings. The number of H-pyrrole nitrogens is 1. The highest BCUT2D eigenvalue weighted by molar-refractivity contribution is 7.17. The summed E-state index contributed by atoms with van der Waals surface area (Å²) < 4.78 is 5.19. The highest BCUT2D eigenvalue weighted by Crippen LogP contribution is 2.40. The van der Waals surface area contributed by atoms with Gasteiger partial charge in [-0.3, -0.25) is 9.89 Å². The van der Waals surface area contributed by atoms with Crippen LogP contribution in [0.3, 0.4) is 0 Å². The summed E-state index contributed by atoms with van der Waals surface area (Å²) in [6, 6.07) is 13.8. The van der Waals surface area contributed by atoms with E-state index >= 15 is 0 Å². The summed E-state index contributed by atoms with van der Waals surface area (Å²) in [5.41, 5.74) is 2.70. The van der Waals surface area contributed by atoms with Crippen molar-refractivity contribution >= 4 is 28.2 Å². The van der Waals surface area contributed by atoms with Gasteiger partial charge in [0.25, 0.3) is 5.91 Å². The van der Waals surface area contributed by atoms with Gasteiger partial charge in [-0.25, -0.2) is 4.79 Å². The highest BCUT2D eigenvalue weighted by Gasteiger charge is 2.23. The first-order chi connectivity index (χ1) is 15.9. The van der Waals surface area contributed by atoms with Gasteiger partial charge in [0, 0.05) is 16.0 Å². The molecule has 0 aliphatic heterocycles. The first-order valence-electron chi connectivity index (χ1n) is 9.66. The average molecular weight is 459 g/mol. The van der Waals surface area contributed by atoms with E-state index in [4.69, 9.17) is 4.74 Å². The number of carbonyl (C=O) groups excluding carboxylic acids is 1. The molecule has 2 aromatic heterocycles. The second-order valence-electron chi connectivity index (χ2n) is 6.97. The van der Waals surface area contributed by atoms with Crippen molar-refractivity contribution in [1.29, 1.82) is 5.26 Å². The number of rotatable bonds is 6. The zero-order valence-corrected chi connectivity index (χ0v) is 18.4. The number of nitrogens with one attached hydrogen (secondary N) is 2. The number of nitriles is 1. The molecule has 0 radical (unpaired) electrons. The lowest BCUT2D eigenvalue weighted by molar-refractivity contribution is 0.0692. The van der Waals surface area contributed by atoms with Crippen molar-refractivity contribution < 1.29 is 19.4 Å². The van der Waals surface area contributed by atoms with E-state index in [1.165, 1.54) is 29.7 Å². The van der Waals surface area contributed by atoms with Gasteiger partial charge >= 0.3 is 5.97 Å². The average Bonchev–Trinajstić information content (AvgIpc) is 3.46. The van der Waals surface area contributed by atoms with Gasteiger partial charge in [0.1, 0.15) is 16.8 Å². The summed E-state index contributed by atoms with van der Waals surface area (Å²) >= 11 is 1.25. The largest absolute Gasteiger partial charge is 0.497 e. The Morgan fingerprint density at radius 1 is 1.15 bits per heavy atom. The van der Waals surface area contributed by atoms with E-state index in [2.05, 4.69) is 26.8 Å². The van der Waals surface area contributed by atoms with Crippen molar-refractivity contribution in [1.82, 2.24) is 15.4 Å². The Labute approximate surface area is 192 Å². The Kier molecular flexibility index (Phi) is 5.89. The molecule has 9 nitrogen and oxygen atoms in total. The number of anilines is 1. The fourth-order valence-corrected chi connectivity index (χ4v) is 4.46. The van der Waals surface area contributed by atoms with Gasteiger partial charge in [-0.2, -0.15) is 5.26 Å². The third-order valence-electron chi connectivity index (χ3n) is 5.02. The van der Waals surface area contributed by atoms with Crippen molar-refractivity contribution in [3.05, 3.63) is 70.2 Å². The molecule has 164 valence electrons. The molecule has 4 aromatic rings. The predicted octanol–water partition coefficient (Wildman–Crippen LogP) is 4.34. The standard InChI is InChI=1S/C23H17N5O4S/c1-12-20(13-3-6-15(32-2)7-4-13)18(10-24)22(33-12)26-21(29)17-9-14(19-11-25-28-27-19)5-8-16(17)23(30)31/h3-9,11H,1-2H3,(H,26,29)(H,30,31)(H,25,27,28). The Morgan fingerprint density at radius 3 is 2.48 bits per heavy atom. The number of carboxylic acids is 1. The van der Waals surface area contributed by atoms with Crippen LogP contribution in [0.15, 0.2) is 48.7 Å². The van der Waals surface area contributed by atoms with Crippen LogP contribution in [-0.2, 0) is 0 Å². The number of aromatic amines is 1. The molecular formula is C23H17N5O4S. The Balaban J connectivity index is 1.73. The summed E-state index contributed by atoms with van der Waals surface area (Å²) in [6.07, 6.45) is 1.47. The number of aromatic nitrogens is 3. The number of carbonyl (C=O) groups is 2. The van der Waals surface area contributed by atoms with Crippen molar-refractivity contribution in [2.45, 2.75) is 6.92 Å². The van der Waals surface area contributed by atoms with Gasteiger partial charge in [0.2, 0.25) is 0 Å². The SMILES string of the molecule is COc1ccc(-c2c(C)sc(NC(=O)c3cc(-c4cnn[nH]4)ccc3C(=O)O)c2C#N)cc1. The number of aryl methyl sites for hydroxylation is 1. The molecule has 0 aliphatic carbocycles. The number of aromatic carboxylic acids is 1. The smallest absolute Gasteiger partial charge is 0.336 e. The van der Waals surface area contributed by atoms with Crippen LogP contribution in [0.1, 0.15) is 31.2 Å². The summed E-state index contributed by atoms with van der Waals surface area (Å²) in [6.45, 7) is 1.86. The number of hydrogen-bond donors (Lipinski definition) is 3. The van der Waals surface area contributed by atoms with E-state index < -0.39 is 11.9 Å². The maximum Gasteiger partial charge on any atom is 0.336 e. The quantitative estimate of drug-likeness (QED) is 0.389. The van der Waals surface area contributed by atoms with E-state index in [-0.39, 0.29) is 11.1 Å². The van der Waals surface area contributed by atoms with Gasteiger partial charge in [-0.15, -0.1) is 16.4 Å². The van der Waals surface area contributed by atoms with Crippen LogP contribution in [0.2, 0.25) is 0 Å². The first kappa shape index (κ1) is 21.7. The molecule has 1 amide bonds. The molecule has 2 heterocycles. The molecular weight excluding hydrogens is 442 g/mol. The molecule has 4 rings (SSSR count). The fourth-order valence-electron chi connectivity index (χ4n) is 3.44. The molecule has 0 atom stereocenters. The maximum atomic E-state index is 13.1. The monoisotopic (exact) mass is 459 g/mol. The minimum Gasteiger partial charge on any atom is -0.497 e. The number of methoxy groups -OCH3 is 1. The zero-order valence-electron chi connectivity index (χ0n) is 17.5. The van der Waals surface area contributed by atoms with E-state index in [1.807, 2.05) is 19.1 Å². The van der Waals surface area contributed by atoms with Crippen molar-refractivity contribution in [2.24, 2.45) is 0 Å². The van der Waals surface area contributed by atoms with Crippen molar-refractivity contribution in [2.75, 3.05) is 12.4 Å². The summed E-state index contributed by atoms with van der Waals surface area (Å²) in [4.78, 5) is 25.7. The van der Waals surface area contributed by atoms with Gasteiger partial charge in [-0.05, 0) is 36.8 Å². The molecule has 33 heavy (non-hydrogen) atoms. The lowest BCUT2D eigenvalue weighted by atomic mass is 10.0. The second kappa shape index (κ2) is 8.94. The minimum absolute atomic E-state index is 0.0458. The second-order valence-corrected chi connectivity index (χ2v) is 8.19. The molecule has 3 N–H and O–H groups in total. The molecule has 2 aromatic carbocycles. The third-order valence-corrected chi connectivity index (χ3v) is 6.04. The molecule has 0 saturated heterocycles. The number of benzene rings is 2. The van der Waals surface area contributed by atoms with E-state index in [0.29, 0.717) is 33.1 Å². The van der Waals surface area contributed by atoms with Crippen LogP contribution in [0, 0.1) is 18.3 Å². The first-order valence-corrected chi connectivity index (χ1v) is 10.5. The summed E-state index contributed by atoms with van der Waals surface area (Å²) in [5.74, 6) is -1.19. The zero-order chi connectivity index (χ0) is 23.5. The minimum atomic E-state index is -1.24. The van der Waals surface area contributed by atoms with Crippen molar-refractivity contribution in [3.8, 4) is 34.2 Å². The summed E-state index contributed by atoms with van der Waals surface area (Å²) in [5, 5.41) is 32.5. The number of ether oxygens (including phenoxy) is 1. The van der Waals surface area contributed by atoms with Crippen LogP contribution >= 0.6 is 11.3 Å². The normalized spacial score (nSPS) is 10.5. The predicted molar refractivity (Wildman–Crippen MR) is 122 cm³/mol. The van der Waals surface area contributed by atoms with Crippen LogP contribution in [0.4, 0.5) is 5.00 Å². The molecule has 0 unspecified atom stereocenters. The van der Waals surface area contributed by atoms with Crippen LogP contribution in [0.25, 0.3) is 22.4 Å². The van der Waals surface area contributed by atoms with Crippen molar-refractivity contribution in [3.63, 3.8) is 0 Å². The van der Waals surface area contributed by atoms with Crippen LogP contribution in [0.5, 0.6) is 5.75 Å². The van der Waals surface area contributed by atoms with Gasteiger partial charge in [0.05, 0.1) is 35.7 Å². The van der Waals surface area contributed by atoms with E-state index in [1.54, 1.807) is 25.3 Å². The molecule has 0 saturated carbocycles. The lowest BCUT2D eigenvalue weighted by Crippen LogP contribution is -2.16.